The Morgan fingerprint density at radius 1 is 1.17 bits per heavy atom. The summed E-state index contributed by atoms with van der Waals surface area (Å²) >= 11 is 0. The SMILES string of the molecule is CCCC(=O)Oc1c(OC)ccc2cc3[n+](cc12)CCc1cc2c(cc1-3)OCO2.[Cl-]. The van der Waals surface area contributed by atoms with E-state index in [1.165, 1.54) is 5.56 Å². The van der Waals surface area contributed by atoms with Gasteiger partial charge in [0.15, 0.2) is 35.7 Å². The smallest absolute Gasteiger partial charge is 0.311 e. The van der Waals surface area contributed by atoms with E-state index in [-0.39, 0.29) is 25.2 Å². The molecule has 0 spiro atoms. The summed E-state index contributed by atoms with van der Waals surface area (Å²) in [5, 5.41) is 1.85. The average molecular weight is 428 g/mol. The van der Waals surface area contributed by atoms with Crippen LogP contribution < -0.4 is 35.9 Å². The number of carbonyl (C=O) groups is 1. The summed E-state index contributed by atoms with van der Waals surface area (Å²) in [5.41, 5.74) is 3.49. The van der Waals surface area contributed by atoms with Gasteiger partial charge < -0.3 is 31.4 Å². The Hall–Kier alpha value is -2.99. The van der Waals surface area contributed by atoms with Crippen LogP contribution >= 0.6 is 0 Å². The Bertz CT molecular complexity index is 1140. The Labute approximate surface area is 180 Å². The highest BCUT2D eigenvalue weighted by molar-refractivity contribution is 5.93. The molecule has 3 heterocycles. The monoisotopic (exact) mass is 427 g/mol. The summed E-state index contributed by atoms with van der Waals surface area (Å²) in [6.07, 6.45) is 4.06. The van der Waals surface area contributed by atoms with E-state index in [0.717, 1.165) is 52.9 Å². The highest BCUT2D eigenvalue weighted by Crippen LogP contribution is 2.41. The zero-order chi connectivity index (χ0) is 20.0. The number of fused-ring (bicyclic) bond motifs is 5. The minimum atomic E-state index is -0.251. The van der Waals surface area contributed by atoms with Crippen LogP contribution in [0.1, 0.15) is 25.3 Å². The number of benzene rings is 2. The molecular formula is C23H22ClNO5. The molecule has 156 valence electrons. The lowest BCUT2D eigenvalue weighted by atomic mass is 9.95. The molecule has 2 aliphatic heterocycles. The predicted molar refractivity (Wildman–Crippen MR) is 107 cm³/mol. The quantitative estimate of drug-likeness (QED) is 0.350. The number of hydrogen-bond acceptors (Lipinski definition) is 5. The lowest BCUT2D eigenvalue weighted by Crippen LogP contribution is -3.00. The van der Waals surface area contributed by atoms with Gasteiger partial charge in [0.25, 0.3) is 0 Å². The van der Waals surface area contributed by atoms with Gasteiger partial charge in [-0.1, -0.05) is 6.92 Å². The molecule has 2 aliphatic rings. The minimum absolute atomic E-state index is 0. The standard InChI is InChI=1S/C23H22NO5.ClH/c1-3-4-22(25)29-23-17-12-24-8-7-15-10-20-21(28-13-27-20)11-16(15)18(24)9-14(17)5-6-19(23)26-2;/h5-6,9-12H,3-4,7-8,13H2,1-2H3;1H/q+1;/p-1. The molecule has 0 saturated heterocycles. The zero-order valence-corrected chi connectivity index (χ0v) is 17.6. The van der Waals surface area contributed by atoms with E-state index in [2.05, 4.69) is 29.0 Å². The number of aryl methyl sites for hydroxylation is 2. The molecule has 0 N–H and O–H groups in total. The molecule has 5 rings (SSSR count). The number of hydrogen-bond donors (Lipinski definition) is 0. The van der Waals surface area contributed by atoms with Gasteiger partial charge in [-0.15, -0.1) is 0 Å². The average Bonchev–Trinajstić information content (AvgIpc) is 3.19. The van der Waals surface area contributed by atoms with Gasteiger partial charge in [-0.3, -0.25) is 4.79 Å². The first-order valence-corrected chi connectivity index (χ1v) is 9.85. The van der Waals surface area contributed by atoms with Crippen molar-refractivity contribution >= 4 is 16.7 Å². The molecule has 0 aliphatic carbocycles. The molecular weight excluding hydrogens is 406 g/mol. The Morgan fingerprint density at radius 3 is 2.73 bits per heavy atom. The number of nitrogens with zero attached hydrogens (tertiary/aromatic N) is 1. The first kappa shape index (κ1) is 20.3. The maximum atomic E-state index is 12.2. The van der Waals surface area contributed by atoms with Crippen molar-refractivity contribution < 1.29 is 40.7 Å². The number of rotatable bonds is 4. The molecule has 0 atom stereocenters. The van der Waals surface area contributed by atoms with E-state index in [9.17, 15) is 4.79 Å². The summed E-state index contributed by atoms with van der Waals surface area (Å²) in [4.78, 5) is 12.2. The van der Waals surface area contributed by atoms with Crippen molar-refractivity contribution in [2.24, 2.45) is 0 Å². The van der Waals surface area contributed by atoms with Gasteiger partial charge in [0, 0.05) is 18.9 Å². The van der Waals surface area contributed by atoms with E-state index in [1.807, 2.05) is 19.1 Å². The molecule has 0 bridgehead atoms. The molecule has 0 unspecified atom stereocenters. The van der Waals surface area contributed by atoms with Crippen molar-refractivity contribution in [3.8, 4) is 34.3 Å². The lowest BCUT2D eigenvalue weighted by Gasteiger charge is -2.17. The maximum Gasteiger partial charge on any atom is 0.311 e. The second kappa shape index (κ2) is 8.03. The number of carbonyl (C=O) groups excluding carboxylic acids is 1. The van der Waals surface area contributed by atoms with Crippen molar-refractivity contribution in [3.63, 3.8) is 0 Å². The first-order valence-electron chi connectivity index (χ1n) is 9.85. The third-order valence-electron chi connectivity index (χ3n) is 5.47. The number of pyridine rings is 1. The summed E-state index contributed by atoms with van der Waals surface area (Å²) in [5.74, 6) is 2.38. The van der Waals surface area contributed by atoms with Crippen LogP contribution in [0.15, 0.2) is 36.5 Å². The third kappa shape index (κ3) is 3.31. The van der Waals surface area contributed by atoms with Gasteiger partial charge in [-0.2, -0.15) is 4.57 Å². The predicted octanol–water partition coefficient (Wildman–Crippen LogP) is 0.797. The van der Waals surface area contributed by atoms with Crippen LogP contribution in [0.4, 0.5) is 0 Å². The van der Waals surface area contributed by atoms with Crippen molar-refractivity contribution in [3.05, 3.63) is 42.1 Å². The largest absolute Gasteiger partial charge is 1.00 e. The molecule has 0 amide bonds. The van der Waals surface area contributed by atoms with Gasteiger partial charge >= 0.3 is 5.97 Å². The number of esters is 1. The molecule has 2 aromatic carbocycles. The van der Waals surface area contributed by atoms with Crippen LogP contribution in [0.5, 0.6) is 23.0 Å². The topological polar surface area (TPSA) is 57.9 Å². The fraction of sp³-hybridized carbons (Fsp3) is 0.304. The highest BCUT2D eigenvalue weighted by Gasteiger charge is 2.29. The Morgan fingerprint density at radius 2 is 1.97 bits per heavy atom. The second-order valence-electron chi connectivity index (χ2n) is 7.29. The zero-order valence-electron chi connectivity index (χ0n) is 16.9. The number of aromatic nitrogens is 1. The molecule has 3 aromatic rings. The molecule has 7 heteroatoms. The van der Waals surface area contributed by atoms with E-state index in [0.29, 0.717) is 17.9 Å². The normalized spacial score (nSPS) is 13.3. The van der Waals surface area contributed by atoms with Crippen LogP contribution in [0.25, 0.3) is 22.0 Å². The van der Waals surface area contributed by atoms with Crippen molar-refractivity contribution in [1.82, 2.24) is 0 Å². The van der Waals surface area contributed by atoms with E-state index < -0.39 is 0 Å². The number of ether oxygens (including phenoxy) is 4. The van der Waals surface area contributed by atoms with Crippen molar-refractivity contribution in [2.75, 3.05) is 13.9 Å². The maximum absolute atomic E-state index is 12.2. The summed E-state index contributed by atoms with van der Waals surface area (Å²) < 4.78 is 24.5. The van der Waals surface area contributed by atoms with Crippen molar-refractivity contribution in [2.45, 2.75) is 32.7 Å². The Balaban J connectivity index is 0.00000218. The fourth-order valence-corrected chi connectivity index (χ4v) is 4.03. The Kier molecular flexibility index (Phi) is 5.43. The van der Waals surface area contributed by atoms with Crippen LogP contribution in [0, 0.1) is 0 Å². The van der Waals surface area contributed by atoms with Gasteiger partial charge in [0.05, 0.1) is 18.1 Å². The highest BCUT2D eigenvalue weighted by atomic mass is 35.5. The van der Waals surface area contributed by atoms with E-state index >= 15 is 0 Å². The first-order chi connectivity index (χ1) is 14.2. The number of methoxy groups -OCH3 is 1. The third-order valence-corrected chi connectivity index (χ3v) is 5.47. The molecule has 0 radical (unpaired) electrons. The van der Waals surface area contributed by atoms with Crippen LogP contribution in [-0.4, -0.2) is 19.9 Å². The van der Waals surface area contributed by atoms with Gasteiger partial charge in [-0.25, -0.2) is 0 Å². The van der Waals surface area contributed by atoms with Crippen LogP contribution in [-0.2, 0) is 17.8 Å². The molecule has 30 heavy (non-hydrogen) atoms. The molecule has 6 nitrogen and oxygen atoms in total. The van der Waals surface area contributed by atoms with Gasteiger partial charge in [0.1, 0.15) is 0 Å². The number of halogens is 1. The molecule has 0 fully saturated rings. The fourth-order valence-electron chi connectivity index (χ4n) is 4.03. The second-order valence-corrected chi connectivity index (χ2v) is 7.29. The summed E-state index contributed by atoms with van der Waals surface area (Å²) in [6, 6.07) is 10.1. The lowest BCUT2D eigenvalue weighted by molar-refractivity contribution is -0.686. The van der Waals surface area contributed by atoms with Crippen molar-refractivity contribution in [1.29, 1.82) is 0 Å². The van der Waals surface area contributed by atoms with Crippen LogP contribution in [0.2, 0.25) is 0 Å². The van der Waals surface area contributed by atoms with Gasteiger partial charge in [0.2, 0.25) is 12.5 Å². The van der Waals surface area contributed by atoms with Gasteiger partial charge in [-0.05, 0) is 41.6 Å². The minimum Gasteiger partial charge on any atom is -1.00 e. The van der Waals surface area contributed by atoms with E-state index in [4.69, 9.17) is 18.9 Å². The van der Waals surface area contributed by atoms with Crippen LogP contribution in [0.3, 0.4) is 0 Å². The summed E-state index contributed by atoms with van der Waals surface area (Å²) in [6.45, 7) is 3.05. The molecule has 1 aromatic heterocycles. The molecule has 0 saturated carbocycles. The summed E-state index contributed by atoms with van der Waals surface area (Å²) in [7, 11) is 1.59. The van der Waals surface area contributed by atoms with E-state index in [1.54, 1.807) is 7.11 Å².